The third kappa shape index (κ3) is 3.65. The summed E-state index contributed by atoms with van der Waals surface area (Å²) >= 11 is 0. The summed E-state index contributed by atoms with van der Waals surface area (Å²) in [7, 11) is 0. The number of nitrogens with one attached hydrogen (secondary N) is 2. The third-order valence-electron chi connectivity index (χ3n) is 5.10. The monoisotopic (exact) mass is 351 g/mol. The molecule has 2 aromatic rings. The van der Waals surface area contributed by atoms with Crippen LogP contribution in [0.2, 0.25) is 0 Å². The van der Waals surface area contributed by atoms with Gasteiger partial charge in [-0.3, -0.25) is 9.88 Å². The lowest BCUT2D eigenvalue weighted by molar-refractivity contribution is 0.239. The molecule has 1 saturated heterocycles. The van der Waals surface area contributed by atoms with Gasteiger partial charge < -0.3 is 15.5 Å². The lowest BCUT2D eigenvalue weighted by atomic mass is 10.1. The largest absolute Gasteiger partial charge is 0.362 e. The van der Waals surface area contributed by atoms with E-state index >= 15 is 0 Å². The average Bonchev–Trinajstić information content (AvgIpc) is 2.70. The summed E-state index contributed by atoms with van der Waals surface area (Å²) in [6.45, 7) is 4.17. The molecule has 1 aromatic carbocycles. The summed E-state index contributed by atoms with van der Waals surface area (Å²) in [5, 5.41) is 6.54. The van der Waals surface area contributed by atoms with Crippen molar-refractivity contribution in [1.29, 1.82) is 0 Å². The van der Waals surface area contributed by atoms with Crippen LogP contribution >= 0.6 is 0 Å². The van der Waals surface area contributed by atoms with Gasteiger partial charge in [0, 0.05) is 25.3 Å². The maximum Gasteiger partial charge on any atom is 0.322 e. The first kappa shape index (κ1) is 16.8. The van der Waals surface area contributed by atoms with Crippen LogP contribution in [0.3, 0.4) is 0 Å². The lowest BCUT2D eigenvalue weighted by Crippen LogP contribution is -2.52. The van der Waals surface area contributed by atoms with Crippen LogP contribution in [0.15, 0.2) is 48.7 Å². The van der Waals surface area contributed by atoms with Crippen molar-refractivity contribution in [2.75, 3.05) is 36.0 Å². The van der Waals surface area contributed by atoms with Crippen LogP contribution < -0.4 is 20.4 Å². The number of hydrogen-bond donors (Lipinski definition) is 2. The molecule has 0 unspecified atom stereocenters. The van der Waals surface area contributed by atoms with Crippen molar-refractivity contribution in [1.82, 2.24) is 15.6 Å². The fourth-order valence-electron chi connectivity index (χ4n) is 3.70. The summed E-state index contributed by atoms with van der Waals surface area (Å²) < 4.78 is 0. The van der Waals surface area contributed by atoms with E-state index in [4.69, 9.17) is 0 Å². The van der Waals surface area contributed by atoms with Crippen LogP contribution in [0.25, 0.3) is 0 Å². The van der Waals surface area contributed by atoms with E-state index in [9.17, 15) is 4.79 Å². The normalized spacial score (nSPS) is 17.7. The molecule has 3 heterocycles. The molecule has 0 atom stereocenters. The maximum absolute atomic E-state index is 12.9. The Bertz CT molecular complexity index is 745. The third-order valence-corrected chi connectivity index (χ3v) is 5.10. The number of nitrogens with zero attached hydrogens (tertiary/aromatic N) is 3. The number of fused-ring (bicyclic) bond motifs is 1. The number of anilines is 2. The Labute approximate surface area is 154 Å². The van der Waals surface area contributed by atoms with E-state index in [0.29, 0.717) is 6.54 Å². The average molecular weight is 351 g/mol. The molecule has 0 aliphatic carbocycles. The van der Waals surface area contributed by atoms with E-state index in [0.717, 1.165) is 56.1 Å². The van der Waals surface area contributed by atoms with Gasteiger partial charge in [-0.25, -0.2) is 4.79 Å². The van der Waals surface area contributed by atoms with E-state index in [2.05, 4.69) is 26.6 Å². The predicted octanol–water partition coefficient (Wildman–Crippen LogP) is 2.37. The second-order valence-electron chi connectivity index (χ2n) is 6.86. The van der Waals surface area contributed by atoms with Gasteiger partial charge in [-0.1, -0.05) is 18.2 Å². The molecular formula is C20H25N5O. The molecule has 136 valence electrons. The summed E-state index contributed by atoms with van der Waals surface area (Å²) in [6, 6.07) is 14.4. The van der Waals surface area contributed by atoms with Crippen molar-refractivity contribution in [2.45, 2.75) is 25.4 Å². The molecule has 26 heavy (non-hydrogen) atoms. The van der Waals surface area contributed by atoms with E-state index in [1.54, 1.807) is 0 Å². The van der Waals surface area contributed by atoms with Crippen LogP contribution in [-0.4, -0.2) is 43.2 Å². The van der Waals surface area contributed by atoms with Gasteiger partial charge in [0.05, 0.1) is 23.6 Å². The number of rotatable bonds is 3. The van der Waals surface area contributed by atoms with Crippen LogP contribution in [0.4, 0.5) is 16.2 Å². The zero-order valence-electron chi connectivity index (χ0n) is 14.9. The first-order valence-electron chi connectivity index (χ1n) is 9.34. The molecule has 6 nitrogen and oxygen atoms in total. The minimum absolute atomic E-state index is 0.0156. The smallest absolute Gasteiger partial charge is 0.322 e. The van der Waals surface area contributed by atoms with E-state index in [-0.39, 0.29) is 12.1 Å². The molecule has 0 bridgehead atoms. The number of benzene rings is 1. The van der Waals surface area contributed by atoms with Gasteiger partial charge in [0.2, 0.25) is 0 Å². The highest BCUT2D eigenvalue weighted by Crippen LogP contribution is 2.33. The number of urea groups is 1. The van der Waals surface area contributed by atoms with Crippen molar-refractivity contribution in [3.05, 3.63) is 54.4 Å². The van der Waals surface area contributed by atoms with Crippen LogP contribution in [0.1, 0.15) is 18.5 Å². The molecule has 1 fully saturated rings. The number of pyridine rings is 1. The van der Waals surface area contributed by atoms with Gasteiger partial charge >= 0.3 is 6.03 Å². The molecule has 4 rings (SSSR count). The summed E-state index contributed by atoms with van der Waals surface area (Å²) in [5.41, 5.74) is 3.10. The van der Waals surface area contributed by atoms with Crippen molar-refractivity contribution in [3.8, 4) is 0 Å². The van der Waals surface area contributed by atoms with Crippen molar-refractivity contribution < 1.29 is 4.79 Å². The Kier molecular flexibility index (Phi) is 5.02. The predicted molar refractivity (Wildman–Crippen MR) is 103 cm³/mol. The Balaban J connectivity index is 1.50. The molecule has 2 N–H and O–H groups in total. The summed E-state index contributed by atoms with van der Waals surface area (Å²) in [6.07, 6.45) is 3.81. The Morgan fingerprint density at radius 3 is 2.62 bits per heavy atom. The van der Waals surface area contributed by atoms with Gasteiger partial charge in [-0.2, -0.15) is 0 Å². The zero-order valence-corrected chi connectivity index (χ0v) is 14.9. The second-order valence-corrected chi connectivity index (χ2v) is 6.86. The number of aromatic nitrogens is 1. The summed E-state index contributed by atoms with van der Waals surface area (Å²) in [5.74, 6) is 0. The molecule has 2 aliphatic heterocycles. The number of carbonyl (C=O) groups excluding carboxylic acids is 1. The molecule has 0 spiro atoms. The van der Waals surface area contributed by atoms with E-state index in [1.807, 2.05) is 47.5 Å². The van der Waals surface area contributed by atoms with Crippen LogP contribution in [-0.2, 0) is 6.54 Å². The fraction of sp³-hybridized carbons (Fsp3) is 0.400. The highest BCUT2D eigenvalue weighted by atomic mass is 16.2. The fourth-order valence-corrected chi connectivity index (χ4v) is 3.70. The zero-order chi connectivity index (χ0) is 17.8. The van der Waals surface area contributed by atoms with Crippen LogP contribution in [0.5, 0.6) is 0 Å². The van der Waals surface area contributed by atoms with Gasteiger partial charge in [-0.15, -0.1) is 0 Å². The van der Waals surface area contributed by atoms with Crippen molar-refractivity contribution in [2.24, 2.45) is 0 Å². The molecule has 1 aromatic heterocycles. The van der Waals surface area contributed by atoms with Gasteiger partial charge in [0.25, 0.3) is 0 Å². The second kappa shape index (κ2) is 7.74. The van der Waals surface area contributed by atoms with Crippen LogP contribution in [0, 0.1) is 0 Å². The topological polar surface area (TPSA) is 60.5 Å². The molecule has 0 radical (unpaired) electrons. The SMILES string of the molecule is O=C(NC1CCNCC1)N1CCN(Cc2ccccn2)c2ccccc21. The Hall–Kier alpha value is -2.60. The molecular weight excluding hydrogens is 326 g/mol. The highest BCUT2D eigenvalue weighted by molar-refractivity contribution is 5.97. The highest BCUT2D eigenvalue weighted by Gasteiger charge is 2.28. The minimum atomic E-state index is 0.0156. The molecule has 2 aliphatic rings. The summed E-state index contributed by atoms with van der Waals surface area (Å²) in [4.78, 5) is 21.5. The van der Waals surface area contributed by atoms with Gasteiger partial charge in [0.1, 0.15) is 0 Å². The first-order valence-corrected chi connectivity index (χ1v) is 9.34. The van der Waals surface area contributed by atoms with Crippen molar-refractivity contribution >= 4 is 17.4 Å². The van der Waals surface area contributed by atoms with Crippen molar-refractivity contribution in [3.63, 3.8) is 0 Å². The standard InChI is InChI=1S/C20H25N5O/c26-20(23-16-8-11-21-12-9-16)25-14-13-24(15-17-5-3-4-10-22-17)18-6-1-2-7-19(18)25/h1-7,10,16,21H,8-9,11-15H2,(H,23,26). The Morgan fingerprint density at radius 2 is 1.85 bits per heavy atom. The van der Waals surface area contributed by atoms with Gasteiger partial charge in [0.15, 0.2) is 0 Å². The number of piperidine rings is 1. The quantitative estimate of drug-likeness (QED) is 0.891. The number of amides is 2. The first-order chi connectivity index (χ1) is 12.8. The number of carbonyl (C=O) groups is 1. The minimum Gasteiger partial charge on any atom is -0.362 e. The molecule has 2 amide bonds. The Morgan fingerprint density at radius 1 is 1.08 bits per heavy atom. The maximum atomic E-state index is 12.9. The molecule has 6 heteroatoms. The van der Waals surface area contributed by atoms with E-state index in [1.165, 1.54) is 0 Å². The number of hydrogen-bond acceptors (Lipinski definition) is 4. The van der Waals surface area contributed by atoms with E-state index < -0.39 is 0 Å². The lowest BCUT2D eigenvalue weighted by Gasteiger charge is -2.38. The molecule has 0 saturated carbocycles. The number of para-hydroxylation sites is 2. The van der Waals surface area contributed by atoms with Gasteiger partial charge in [-0.05, 0) is 50.2 Å².